The summed E-state index contributed by atoms with van der Waals surface area (Å²) in [4.78, 5) is 12.0. The molecule has 1 saturated heterocycles. The van der Waals surface area contributed by atoms with E-state index in [0.717, 1.165) is 18.8 Å². The molecule has 148 valence electrons. The number of para-hydroxylation sites is 1. The molecule has 4 rings (SSSR count). The maximum atomic E-state index is 12.0. The molecule has 5 atom stereocenters. The Morgan fingerprint density at radius 1 is 1.30 bits per heavy atom. The molecular formula is C23H33NO3. The summed E-state index contributed by atoms with van der Waals surface area (Å²) < 4.78 is 12.5. The summed E-state index contributed by atoms with van der Waals surface area (Å²) in [5.74, 6) is 2.08. The molecule has 0 aromatic heterocycles. The van der Waals surface area contributed by atoms with Crippen molar-refractivity contribution in [2.45, 2.75) is 72.1 Å². The lowest BCUT2D eigenvalue weighted by Gasteiger charge is -2.53. The van der Waals surface area contributed by atoms with Crippen LogP contribution in [0.3, 0.4) is 0 Å². The Kier molecular flexibility index (Phi) is 4.53. The normalized spacial score (nSPS) is 36.5. The van der Waals surface area contributed by atoms with Crippen molar-refractivity contribution in [2.75, 3.05) is 6.61 Å². The molecule has 3 aliphatic rings. The van der Waals surface area contributed by atoms with E-state index in [9.17, 15) is 4.79 Å². The molecule has 0 unspecified atom stereocenters. The van der Waals surface area contributed by atoms with E-state index in [-0.39, 0.29) is 35.0 Å². The van der Waals surface area contributed by atoms with Crippen LogP contribution in [0.4, 0.5) is 0 Å². The number of benzene rings is 1. The van der Waals surface area contributed by atoms with Gasteiger partial charge in [0.2, 0.25) is 5.91 Å². The zero-order chi connectivity index (χ0) is 19.4. The predicted octanol–water partition coefficient (Wildman–Crippen LogP) is 4.49. The number of ether oxygens (including phenoxy) is 2. The van der Waals surface area contributed by atoms with Crippen LogP contribution in [0.2, 0.25) is 0 Å². The van der Waals surface area contributed by atoms with Crippen LogP contribution in [0.25, 0.3) is 0 Å². The summed E-state index contributed by atoms with van der Waals surface area (Å²) in [5.41, 5.74) is 1.44. The Bertz CT molecular complexity index is 728. The summed E-state index contributed by atoms with van der Waals surface area (Å²) >= 11 is 0. The first-order valence-corrected chi connectivity index (χ1v) is 10.4. The smallest absolute Gasteiger partial charge is 0.217 e. The van der Waals surface area contributed by atoms with Crippen molar-refractivity contribution in [1.29, 1.82) is 0 Å². The van der Waals surface area contributed by atoms with E-state index < -0.39 is 0 Å². The standard InChI is InChI=1S/C23H33NO3/c1-14(2)27-19-9-7-6-8-17(19)20-18-12-16-13-23(18,10-11-26-20)21(22(16,4)5)24-15(3)25/h6-9,14,16,18,20-21H,10-13H2,1-5H3,(H,24,25)/t16-,18-,20-,21+,23-/m1/s1. The average Bonchev–Trinajstić information content (AvgIpc) is 3.08. The highest BCUT2D eigenvalue weighted by Crippen LogP contribution is 2.70. The molecule has 1 spiro atoms. The van der Waals surface area contributed by atoms with E-state index in [2.05, 4.69) is 51.2 Å². The lowest BCUT2D eigenvalue weighted by atomic mass is 9.58. The van der Waals surface area contributed by atoms with E-state index in [1.165, 1.54) is 18.4 Å². The minimum atomic E-state index is 0.0473. The maximum absolute atomic E-state index is 12.0. The third-order valence-electron chi connectivity index (χ3n) is 7.44. The van der Waals surface area contributed by atoms with Crippen molar-refractivity contribution in [3.63, 3.8) is 0 Å². The molecule has 1 N–H and O–H groups in total. The monoisotopic (exact) mass is 371 g/mol. The fraction of sp³-hybridized carbons (Fsp3) is 0.696. The van der Waals surface area contributed by atoms with Gasteiger partial charge in [0.25, 0.3) is 0 Å². The SMILES string of the molecule is CC(=O)N[C@H]1C(C)(C)[C@@H]2C[C@@H]3[C@@H](c4ccccc4OC(C)C)OCC[C@@]31C2. The Hall–Kier alpha value is -1.55. The van der Waals surface area contributed by atoms with Crippen LogP contribution in [0, 0.1) is 22.7 Å². The maximum Gasteiger partial charge on any atom is 0.217 e. The molecule has 4 heteroatoms. The summed E-state index contributed by atoms with van der Waals surface area (Å²) in [6, 6.07) is 8.55. The van der Waals surface area contributed by atoms with E-state index in [1.807, 2.05) is 6.07 Å². The van der Waals surface area contributed by atoms with Gasteiger partial charge in [0.05, 0.1) is 12.2 Å². The van der Waals surface area contributed by atoms with Crippen molar-refractivity contribution in [3.8, 4) is 5.75 Å². The topological polar surface area (TPSA) is 47.6 Å². The number of hydrogen-bond acceptors (Lipinski definition) is 3. The average molecular weight is 372 g/mol. The van der Waals surface area contributed by atoms with Gasteiger partial charge in [-0.25, -0.2) is 0 Å². The highest BCUT2D eigenvalue weighted by Gasteiger charge is 2.68. The minimum absolute atomic E-state index is 0.0473. The number of nitrogens with one attached hydrogen (secondary N) is 1. The van der Waals surface area contributed by atoms with Gasteiger partial charge in [0.1, 0.15) is 5.75 Å². The van der Waals surface area contributed by atoms with E-state index in [0.29, 0.717) is 11.8 Å². The molecule has 27 heavy (non-hydrogen) atoms. The van der Waals surface area contributed by atoms with Gasteiger partial charge in [-0.2, -0.15) is 0 Å². The highest BCUT2D eigenvalue weighted by atomic mass is 16.5. The molecule has 1 heterocycles. The van der Waals surface area contributed by atoms with Crippen molar-refractivity contribution in [3.05, 3.63) is 29.8 Å². The molecule has 1 aliphatic heterocycles. The zero-order valence-electron chi connectivity index (χ0n) is 17.2. The number of fused-ring (bicyclic) bond motifs is 1. The van der Waals surface area contributed by atoms with Gasteiger partial charge in [0, 0.05) is 25.1 Å². The van der Waals surface area contributed by atoms with E-state index >= 15 is 0 Å². The van der Waals surface area contributed by atoms with Gasteiger partial charge in [-0.3, -0.25) is 4.79 Å². The van der Waals surface area contributed by atoms with E-state index in [1.54, 1.807) is 6.92 Å². The Labute approximate surface area is 163 Å². The van der Waals surface area contributed by atoms with Crippen LogP contribution in [-0.4, -0.2) is 24.7 Å². The molecule has 2 saturated carbocycles. The molecule has 1 aromatic carbocycles. The number of hydrogen-bond donors (Lipinski definition) is 1. The number of rotatable bonds is 4. The number of carbonyl (C=O) groups excluding carboxylic acids is 1. The molecule has 4 nitrogen and oxygen atoms in total. The first-order chi connectivity index (χ1) is 12.8. The van der Waals surface area contributed by atoms with Crippen LogP contribution < -0.4 is 10.1 Å². The molecule has 2 aliphatic carbocycles. The Morgan fingerprint density at radius 3 is 2.74 bits per heavy atom. The van der Waals surface area contributed by atoms with Gasteiger partial charge < -0.3 is 14.8 Å². The van der Waals surface area contributed by atoms with Crippen LogP contribution in [0.15, 0.2) is 24.3 Å². The third-order valence-corrected chi connectivity index (χ3v) is 7.44. The molecule has 2 bridgehead atoms. The summed E-state index contributed by atoms with van der Waals surface area (Å²) in [6.45, 7) is 11.2. The first kappa shape index (κ1) is 18.8. The zero-order valence-corrected chi connectivity index (χ0v) is 17.2. The van der Waals surface area contributed by atoms with Gasteiger partial charge >= 0.3 is 0 Å². The first-order valence-electron chi connectivity index (χ1n) is 10.4. The minimum Gasteiger partial charge on any atom is -0.491 e. The largest absolute Gasteiger partial charge is 0.491 e. The quantitative estimate of drug-likeness (QED) is 0.848. The lowest BCUT2D eigenvalue weighted by molar-refractivity contribution is -0.136. The van der Waals surface area contributed by atoms with Gasteiger partial charge in [-0.05, 0) is 61.8 Å². The fourth-order valence-corrected chi connectivity index (χ4v) is 6.38. The van der Waals surface area contributed by atoms with Crippen LogP contribution in [-0.2, 0) is 9.53 Å². The van der Waals surface area contributed by atoms with Gasteiger partial charge in [-0.1, -0.05) is 32.0 Å². The molecule has 1 amide bonds. The van der Waals surface area contributed by atoms with Crippen molar-refractivity contribution in [2.24, 2.45) is 22.7 Å². The Balaban J connectivity index is 1.71. The van der Waals surface area contributed by atoms with Gasteiger partial charge in [0.15, 0.2) is 0 Å². The van der Waals surface area contributed by atoms with Crippen LogP contribution >= 0.6 is 0 Å². The lowest BCUT2D eigenvalue weighted by Crippen LogP contribution is -2.58. The summed E-state index contributed by atoms with van der Waals surface area (Å²) in [5, 5.41) is 3.35. The molecule has 0 radical (unpaired) electrons. The van der Waals surface area contributed by atoms with Gasteiger partial charge in [-0.15, -0.1) is 0 Å². The summed E-state index contributed by atoms with van der Waals surface area (Å²) in [7, 11) is 0. The second-order valence-corrected chi connectivity index (χ2v) is 9.68. The van der Waals surface area contributed by atoms with Crippen molar-refractivity contribution in [1.82, 2.24) is 5.32 Å². The number of amides is 1. The second kappa shape index (κ2) is 6.51. The molecule has 1 aromatic rings. The van der Waals surface area contributed by atoms with Crippen LogP contribution in [0.5, 0.6) is 5.75 Å². The summed E-state index contributed by atoms with van der Waals surface area (Å²) in [6.07, 6.45) is 3.58. The van der Waals surface area contributed by atoms with Crippen LogP contribution in [0.1, 0.15) is 65.5 Å². The molecular weight excluding hydrogens is 338 g/mol. The van der Waals surface area contributed by atoms with Crippen molar-refractivity contribution < 1.29 is 14.3 Å². The van der Waals surface area contributed by atoms with E-state index in [4.69, 9.17) is 9.47 Å². The Morgan fingerprint density at radius 2 is 2.04 bits per heavy atom. The third kappa shape index (κ3) is 2.88. The molecule has 3 fully saturated rings. The van der Waals surface area contributed by atoms with Crippen molar-refractivity contribution >= 4 is 5.91 Å². The predicted molar refractivity (Wildman–Crippen MR) is 106 cm³/mol. The fourth-order valence-electron chi connectivity index (χ4n) is 6.38. The number of carbonyl (C=O) groups is 1. The second-order valence-electron chi connectivity index (χ2n) is 9.68. The highest BCUT2D eigenvalue weighted by molar-refractivity contribution is 5.73.